The lowest BCUT2D eigenvalue weighted by molar-refractivity contribution is 0.168. The standard InChI is InChI=1S/C5H7Cl2N3O/c1-3(11)2-10-5(7)8-4(6)9-10/h3,11H,2H2,1H3. The van der Waals surface area contributed by atoms with E-state index in [0.29, 0.717) is 6.54 Å². The number of nitrogens with zero attached hydrogens (tertiary/aromatic N) is 3. The highest BCUT2D eigenvalue weighted by atomic mass is 35.5. The number of rotatable bonds is 2. The van der Waals surface area contributed by atoms with Crippen LogP contribution in [0, 0.1) is 0 Å². The fourth-order valence-electron chi connectivity index (χ4n) is 0.664. The van der Waals surface area contributed by atoms with Gasteiger partial charge in [-0.05, 0) is 30.1 Å². The van der Waals surface area contributed by atoms with Crippen molar-refractivity contribution in [2.45, 2.75) is 19.6 Å². The summed E-state index contributed by atoms with van der Waals surface area (Å²) in [5.74, 6) is 0. The van der Waals surface area contributed by atoms with Crippen molar-refractivity contribution in [2.24, 2.45) is 0 Å². The van der Waals surface area contributed by atoms with E-state index in [1.165, 1.54) is 4.68 Å². The molecule has 1 aromatic rings. The number of hydrogen-bond acceptors (Lipinski definition) is 3. The molecule has 0 radical (unpaired) electrons. The molecule has 1 unspecified atom stereocenters. The summed E-state index contributed by atoms with van der Waals surface area (Å²) in [6.45, 7) is 1.93. The summed E-state index contributed by atoms with van der Waals surface area (Å²) in [6, 6.07) is 0. The topological polar surface area (TPSA) is 50.9 Å². The maximum absolute atomic E-state index is 8.95. The van der Waals surface area contributed by atoms with Crippen LogP contribution in [0.25, 0.3) is 0 Å². The van der Waals surface area contributed by atoms with Gasteiger partial charge in [-0.1, -0.05) is 0 Å². The van der Waals surface area contributed by atoms with E-state index >= 15 is 0 Å². The van der Waals surface area contributed by atoms with Crippen molar-refractivity contribution >= 4 is 23.2 Å². The fourth-order valence-corrected chi connectivity index (χ4v) is 1.06. The van der Waals surface area contributed by atoms with Crippen LogP contribution >= 0.6 is 23.2 Å². The molecular formula is C5H7Cl2N3O. The van der Waals surface area contributed by atoms with E-state index in [1.54, 1.807) is 6.92 Å². The van der Waals surface area contributed by atoms with Gasteiger partial charge in [0, 0.05) is 0 Å². The van der Waals surface area contributed by atoms with Crippen molar-refractivity contribution in [3.8, 4) is 0 Å². The number of aromatic nitrogens is 3. The second kappa shape index (κ2) is 3.38. The minimum absolute atomic E-state index is 0.0932. The van der Waals surface area contributed by atoms with Crippen molar-refractivity contribution in [1.82, 2.24) is 14.8 Å². The van der Waals surface area contributed by atoms with Gasteiger partial charge in [0.1, 0.15) is 0 Å². The Balaban J connectivity index is 2.77. The molecule has 1 N–H and O–H groups in total. The van der Waals surface area contributed by atoms with E-state index in [1.807, 2.05) is 0 Å². The maximum atomic E-state index is 8.95. The van der Waals surface area contributed by atoms with E-state index in [2.05, 4.69) is 10.1 Å². The summed E-state index contributed by atoms with van der Waals surface area (Å²) < 4.78 is 1.34. The molecule has 6 heteroatoms. The van der Waals surface area contributed by atoms with Crippen LogP contribution in [0.5, 0.6) is 0 Å². The Morgan fingerprint density at radius 1 is 1.64 bits per heavy atom. The van der Waals surface area contributed by atoms with E-state index in [0.717, 1.165) is 0 Å². The third-order valence-electron chi connectivity index (χ3n) is 1.04. The molecule has 1 atom stereocenters. The molecule has 1 heterocycles. The predicted molar refractivity (Wildman–Crippen MR) is 41.7 cm³/mol. The Bertz CT molecular complexity index is 248. The lowest BCUT2D eigenvalue weighted by Gasteiger charge is -2.02. The highest BCUT2D eigenvalue weighted by molar-refractivity contribution is 6.31. The molecule has 0 aliphatic heterocycles. The van der Waals surface area contributed by atoms with Crippen LogP contribution in [0.4, 0.5) is 0 Å². The first-order valence-corrected chi connectivity index (χ1v) is 3.79. The molecule has 0 saturated carbocycles. The van der Waals surface area contributed by atoms with Gasteiger partial charge in [0.05, 0.1) is 12.6 Å². The third kappa shape index (κ3) is 2.32. The molecule has 0 fully saturated rings. The van der Waals surface area contributed by atoms with Crippen LogP contribution < -0.4 is 0 Å². The van der Waals surface area contributed by atoms with Crippen molar-refractivity contribution in [3.05, 3.63) is 10.6 Å². The van der Waals surface area contributed by atoms with Crippen LogP contribution in [0.15, 0.2) is 0 Å². The number of hydrogen-bond donors (Lipinski definition) is 1. The molecule has 1 rings (SSSR count). The zero-order valence-electron chi connectivity index (χ0n) is 5.83. The molecule has 0 amide bonds. The van der Waals surface area contributed by atoms with Crippen LogP contribution in [-0.2, 0) is 6.54 Å². The predicted octanol–water partition coefficient (Wildman–Crippen LogP) is 0.966. The van der Waals surface area contributed by atoms with E-state index in [9.17, 15) is 0 Å². The minimum Gasteiger partial charge on any atom is -0.391 e. The maximum Gasteiger partial charge on any atom is 0.243 e. The van der Waals surface area contributed by atoms with Gasteiger partial charge in [0.25, 0.3) is 0 Å². The largest absolute Gasteiger partial charge is 0.391 e. The van der Waals surface area contributed by atoms with E-state index in [4.69, 9.17) is 28.3 Å². The van der Waals surface area contributed by atoms with Gasteiger partial charge < -0.3 is 5.11 Å². The minimum atomic E-state index is -0.509. The normalized spacial score (nSPS) is 13.5. The zero-order valence-corrected chi connectivity index (χ0v) is 7.34. The number of aliphatic hydroxyl groups is 1. The second-order valence-corrected chi connectivity index (χ2v) is 2.86. The lowest BCUT2D eigenvalue weighted by atomic mass is 10.4. The molecule has 62 valence electrons. The van der Waals surface area contributed by atoms with Crippen molar-refractivity contribution < 1.29 is 5.11 Å². The monoisotopic (exact) mass is 195 g/mol. The molecule has 11 heavy (non-hydrogen) atoms. The Morgan fingerprint density at radius 3 is 2.64 bits per heavy atom. The molecule has 0 spiro atoms. The molecule has 4 nitrogen and oxygen atoms in total. The summed E-state index contributed by atoms with van der Waals surface area (Å²) >= 11 is 11.0. The quantitative estimate of drug-likeness (QED) is 0.766. The highest BCUT2D eigenvalue weighted by Crippen LogP contribution is 2.09. The molecule has 0 bridgehead atoms. The third-order valence-corrected chi connectivity index (χ3v) is 1.48. The zero-order chi connectivity index (χ0) is 8.43. The first-order valence-electron chi connectivity index (χ1n) is 3.03. The van der Waals surface area contributed by atoms with Gasteiger partial charge in [0.15, 0.2) is 0 Å². The smallest absolute Gasteiger partial charge is 0.243 e. The Labute approximate surface area is 73.8 Å². The van der Waals surface area contributed by atoms with Gasteiger partial charge in [-0.15, -0.1) is 5.10 Å². The molecule has 0 aromatic carbocycles. The molecular weight excluding hydrogens is 189 g/mol. The Hall–Kier alpha value is -0.320. The average Bonchev–Trinajstić information content (AvgIpc) is 2.09. The summed E-state index contributed by atoms with van der Waals surface area (Å²) in [6.07, 6.45) is -0.509. The lowest BCUT2D eigenvalue weighted by Crippen LogP contribution is -2.12. The van der Waals surface area contributed by atoms with Crippen LogP contribution in [0.3, 0.4) is 0 Å². The summed E-state index contributed by atoms with van der Waals surface area (Å²) in [4.78, 5) is 3.64. The van der Waals surface area contributed by atoms with Crippen molar-refractivity contribution in [2.75, 3.05) is 0 Å². The number of aliphatic hydroxyl groups excluding tert-OH is 1. The van der Waals surface area contributed by atoms with Gasteiger partial charge >= 0.3 is 0 Å². The van der Waals surface area contributed by atoms with E-state index < -0.39 is 6.10 Å². The van der Waals surface area contributed by atoms with Crippen molar-refractivity contribution in [1.29, 1.82) is 0 Å². The van der Waals surface area contributed by atoms with E-state index in [-0.39, 0.29) is 10.6 Å². The molecule has 0 saturated heterocycles. The van der Waals surface area contributed by atoms with Crippen LogP contribution in [0.1, 0.15) is 6.92 Å². The van der Waals surface area contributed by atoms with Gasteiger partial charge in [-0.25, -0.2) is 4.68 Å². The van der Waals surface area contributed by atoms with Crippen LogP contribution in [-0.4, -0.2) is 26.0 Å². The molecule has 1 aromatic heterocycles. The first kappa shape index (κ1) is 8.77. The van der Waals surface area contributed by atoms with Gasteiger partial charge in [-0.3, -0.25) is 0 Å². The van der Waals surface area contributed by atoms with Crippen LogP contribution in [0.2, 0.25) is 10.6 Å². The fraction of sp³-hybridized carbons (Fsp3) is 0.600. The molecule has 0 aliphatic rings. The summed E-state index contributed by atoms with van der Waals surface area (Å²) in [5, 5.41) is 13.0. The average molecular weight is 196 g/mol. The van der Waals surface area contributed by atoms with Gasteiger partial charge in [0.2, 0.25) is 10.6 Å². The summed E-state index contributed by atoms with van der Waals surface area (Å²) in [7, 11) is 0. The molecule has 0 aliphatic carbocycles. The summed E-state index contributed by atoms with van der Waals surface area (Å²) in [5.41, 5.74) is 0. The SMILES string of the molecule is CC(O)Cn1nc(Cl)nc1Cl. The Morgan fingerprint density at radius 2 is 2.27 bits per heavy atom. The second-order valence-electron chi connectivity index (χ2n) is 2.18. The van der Waals surface area contributed by atoms with Crippen molar-refractivity contribution in [3.63, 3.8) is 0 Å². The Kier molecular flexibility index (Phi) is 2.70. The number of halogens is 2. The first-order chi connectivity index (χ1) is 5.09. The highest BCUT2D eigenvalue weighted by Gasteiger charge is 2.06. The van der Waals surface area contributed by atoms with Gasteiger partial charge in [-0.2, -0.15) is 4.98 Å².